The molecule has 1 aliphatic heterocycles. The molecular formula is C10H10ClNO3. The maximum atomic E-state index is 11.2. The molecule has 1 saturated heterocycles. The lowest BCUT2D eigenvalue weighted by atomic mass is 10.1. The first-order valence-electron chi connectivity index (χ1n) is 4.51. The highest BCUT2D eigenvalue weighted by atomic mass is 35.5. The van der Waals surface area contributed by atoms with Gasteiger partial charge in [-0.25, -0.2) is 0 Å². The van der Waals surface area contributed by atoms with Gasteiger partial charge in [-0.2, -0.15) is 0 Å². The van der Waals surface area contributed by atoms with Crippen molar-refractivity contribution in [1.82, 2.24) is 0 Å². The van der Waals surface area contributed by atoms with Crippen LogP contribution in [0.25, 0.3) is 0 Å². The molecule has 5 heteroatoms. The first kappa shape index (κ1) is 10.4. The van der Waals surface area contributed by atoms with Crippen LogP contribution in [0, 0.1) is 0 Å². The molecule has 2 N–H and O–H groups in total. The molecule has 0 unspecified atom stereocenters. The van der Waals surface area contributed by atoms with Crippen LogP contribution in [0.2, 0.25) is 5.02 Å². The number of amides is 1. The molecule has 1 aromatic rings. The Labute approximate surface area is 91.9 Å². The Kier molecular flexibility index (Phi) is 2.90. The fourth-order valence-electron chi connectivity index (χ4n) is 1.54. The molecular weight excluding hydrogens is 218 g/mol. The van der Waals surface area contributed by atoms with E-state index in [0.717, 1.165) is 0 Å². The molecule has 0 aromatic heterocycles. The Morgan fingerprint density at radius 1 is 1.40 bits per heavy atom. The summed E-state index contributed by atoms with van der Waals surface area (Å²) in [6, 6.07) is 5.07. The van der Waals surface area contributed by atoms with E-state index in [1.165, 1.54) is 0 Å². The molecule has 2 rings (SSSR count). The summed E-state index contributed by atoms with van der Waals surface area (Å²) in [5, 5.41) is 0.319. The molecule has 0 radical (unpaired) electrons. The summed E-state index contributed by atoms with van der Waals surface area (Å²) in [6.07, 6.45) is -0.536. The quantitative estimate of drug-likeness (QED) is 0.833. The molecule has 4 nitrogen and oxygen atoms in total. The van der Waals surface area contributed by atoms with E-state index in [1.807, 2.05) is 0 Å². The zero-order valence-electron chi connectivity index (χ0n) is 7.90. The van der Waals surface area contributed by atoms with Crippen molar-refractivity contribution in [2.45, 2.75) is 6.29 Å². The van der Waals surface area contributed by atoms with Crippen LogP contribution in [0.5, 0.6) is 0 Å². The normalized spacial score (nSPS) is 16.9. The van der Waals surface area contributed by atoms with Crippen LogP contribution in [0.4, 0.5) is 0 Å². The van der Waals surface area contributed by atoms with Crippen molar-refractivity contribution < 1.29 is 14.3 Å². The molecule has 0 atom stereocenters. The van der Waals surface area contributed by atoms with Gasteiger partial charge < -0.3 is 15.2 Å². The van der Waals surface area contributed by atoms with E-state index >= 15 is 0 Å². The van der Waals surface area contributed by atoms with E-state index in [-0.39, 0.29) is 5.56 Å². The maximum absolute atomic E-state index is 11.2. The third kappa shape index (κ3) is 1.97. The minimum Gasteiger partial charge on any atom is -0.366 e. The molecule has 1 aromatic carbocycles. The molecule has 1 heterocycles. The predicted molar refractivity (Wildman–Crippen MR) is 54.6 cm³/mol. The van der Waals surface area contributed by atoms with Gasteiger partial charge in [0.2, 0.25) is 0 Å². The van der Waals surface area contributed by atoms with Gasteiger partial charge in [0.1, 0.15) is 0 Å². The van der Waals surface area contributed by atoms with Crippen molar-refractivity contribution in [3.8, 4) is 0 Å². The zero-order valence-corrected chi connectivity index (χ0v) is 8.66. The van der Waals surface area contributed by atoms with Gasteiger partial charge in [-0.15, -0.1) is 0 Å². The highest BCUT2D eigenvalue weighted by Gasteiger charge is 2.24. The number of hydrogen-bond donors (Lipinski definition) is 1. The zero-order chi connectivity index (χ0) is 10.8. The van der Waals surface area contributed by atoms with E-state index in [2.05, 4.69) is 0 Å². The maximum Gasteiger partial charge on any atom is 0.250 e. The summed E-state index contributed by atoms with van der Waals surface area (Å²) in [4.78, 5) is 11.2. The molecule has 15 heavy (non-hydrogen) atoms. The van der Waals surface area contributed by atoms with Crippen LogP contribution in [0.15, 0.2) is 18.2 Å². The first-order chi connectivity index (χ1) is 7.20. The molecule has 0 bridgehead atoms. The summed E-state index contributed by atoms with van der Waals surface area (Å²) in [7, 11) is 0. The average Bonchev–Trinajstić information content (AvgIpc) is 2.69. The molecule has 1 amide bonds. The predicted octanol–water partition coefficient (Wildman–Crippen LogP) is 1.48. The number of halogens is 1. The number of carbonyl (C=O) groups excluding carboxylic acids is 1. The standard InChI is InChI=1S/C10H10ClNO3/c11-7-3-1-2-6(8(7)9(12)13)10-14-4-5-15-10/h1-3,10H,4-5H2,(H2,12,13). The minimum atomic E-state index is -0.574. The van der Waals surface area contributed by atoms with Crippen LogP contribution in [0.1, 0.15) is 22.2 Å². The Morgan fingerprint density at radius 3 is 2.67 bits per heavy atom. The van der Waals surface area contributed by atoms with E-state index in [1.54, 1.807) is 18.2 Å². The Bertz CT molecular complexity index is 388. The van der Waals surface area contributed by atoms with Crippen molar-refractivity contribution in [2.75, 3.05) is 13.2 Å². The number of benzene rings is 1. The summed E-state index contributed by atoms with van der Waals surface area (Å²) in [5.41, 5.74) is 6.11. The highest BCUT2D eigenvalue weighted by molar-refractivity contribution is 6.34. The van der Waals surface area contributed by atoms with E-state index in [0.29, 0.717) is 23.8 Å². The van der Waals surface area contributed by atoms with Crippen LogP contribution in [-0.4, -0.2) is 19.1 Å². The van der Waals surface area contributed by atoms with Crippen molar-refractivity contribution >= 4 is 17.5 Å². The van der Waals surface area contributed by atoms with Gasteiger partial charge in [-0.05, 0) is 6.07 Å². The van der Waals surface area contributed by atoms with E-state index < -0.39 is 12.2 Å². The summed E-state index contributed by atoms with van der Waals surface area (Å²) < 4.78 is 10.6. The number of rotatable bonds is 2. The molecule has 0 spiro atoms. The third-order valence-corrected chi connectivity index (χ3v) is 2.48. The summed E-state index contributed by atoms with van der Waals surface area (Å²) in [5.74, 6) is -0.574. The highest BCUT2D eigenvalue weighted by Crippen LogP contribution is 2.29. The molecule has 80 valence electrons. The number of nitrogens with two attached hydrogens (primary N) is 1. The van der Waals surface area contributed by atoms with E-state index in [4.69, 9.17) is 26.8 Å². The van der Waals surface area contributed by atoms with Gasteiger partial charge in [-0.3, -0.25) is 4.79 Å². The smallest absolute Gasteiger partial charge is 0.250 e. The van der Waals surface area contributed by atoms with Crippen LogP contribution < -0.4 is 5.73 Å². The number of primary amides is 1. The topological polar surface area (TPSA) is 61.6 Å². The van der Waals surface area contributed by atoms with Crippen molar-refractivity contribution in [3.05, 3.63) is 34.3 Å². The summed E-state index contributed by atoms with van der Waals surface area (Å²) in [6.45, 7) is 1.02. The number of hydrogen-bond acceptors (Lipinski definition) is 3. The molecule has 0 saturated carbocycles. The SMILES string of the molecule is NC(=O)c1c(Cl)cccc1C1OCCO1. The van der Waals surface area contributed by atoms with Gasteiger partial charge in [0.25, 0.3) is 5.91 Å². The fourth-order valence-corrected chi connectivity index (χ4v) is 1.81. The van der Waals surface area contributed by atoms with E-state index in [9.17, 15) is 4.79 Å². The minimum absolute atomic E-state index is 0.270. The summed E-state index contributed by atoms with van der Waals surface area (Å²) >= 11 is 5.89. The average molecular weight is 228 g/mol. The van der Waals surface area contributed by atoms with Crippen LogP contribution >= 0.6 is 11.6 Å². The van der Waals surface area contributed by atoms with Crippen molar-refractivity contribution in [2.24, 2.45) is 5.73 Å². The Balaban J connectivity index is 2.45. The van der Waals surface area contributed by atoms with Gasteiger partial charge in [0.15, 0.2) is 6.29 Å². The van der Waals surface area contributed by atoms with Crippen LogP contribution in [-0.2, 0) is 9.47 Å². The molecule has 0 aliphatic carbocycles. The second-order valence-corrected chi connectivity index (χ2v) is 3.55. The monoisotopic (exact) mass is 227 g/mol. The molecule has 1 fully saturated rings. The van der Waals surface area contributed by atoms with Gasteiger partial charge in [0.05, 0.1) is 23.8 Å². The first-order valence-corrected chi connectivity index (χ1v) is 4.89. The van der Waals surface area contributed by atoms with Gasteiger partial charge in [0, 0.05) is 5.56 Å². The van der Waals surface area contributed by atoms with Crippen molar-refractivity contribution in [3.63, 3.8) is 0 Å². The lowest BCUT2D eigenvalue weighted by Gasteiger charge is -2.13. The largest absolute Gasteiger partial charge is 0.366 e. The van der Waals surface area contributed by atoms with Gasteiger partial charge >= 0.3 is 0 Å². The Morgan fingerprint density at radius 2 is 2.07 bits per heavy atom. The Hall–Kier alpha value is -1.10. The number of carbonyl (C=O) groups is 1. The lowest BCUT2D eigenvalue weighted by molar-refractivity contribution is -0.0445. The van der Waals surface area contributed by atoms with Crippen LogP contribution in [0.3, 0.4) is 0 Å². The third-order valence-electron chi connectivity index (χ3n) is 2.17. The van der Waals surface area contributed by atoms with Crippen molar-refractivity contribution in [1.29, 1.82) is 0 Å². The number of ether oxygens (including phenoxy) is 2. The molecule has 1 aliphatic rings. The second-order valence-electron chi connectivity index (χ2n) is 3.14. The van der Waals surface area contributed by atoms with Gasteiger partial charge in [-0.1, -0.05) is 23.7 Å². The lowest BCUT2D eigenvalue weighted by Crippen LogP contribution is -2.16. The fraction of sp³-hybridized carbons (Fsp3) is 0.300. The second kappa shape index (κ2) is 4.18.